The number of amides is 1. The highest BCUT2D eigenvalue weighted by molar-refractivity contribution is 5.93. The van der Waals surface area contributed by atoms with Crippen molar-refractivity contribution in [1.82, 2.24) is 14.9 Å². The first kappa shape index (κ1) is 17.8. The van der Waals surface area contributed by atoms with Crippen LogP contribution in [0.3, 0.4) is 0 Å². The number of benzene rings is 1. The van der Waals surface area contributed by atoms with Crippen LogP contribution in [-0.4, -0.2) is 60.0 Å². The Labute approximate surface area is 160 Å². The van der Waals surface area contributed by atoms with Gasteiger partial charge in [0.05, 0.1) is 0 Å². The largest absolute Gasteiger partial charge is 0.368 e. The van der Waals surface area contributed by atoms with Gasteiger partial charge in [0.2, 0.25) is 0 Å². The highest BCUT2D eigenvalue weighted by Crippen LogP contribution is 2.21. The molecule has 4 rings (SSSR count). The summed E-state index contributed by atoms with van der Waals surface area (Å²) < 4.78 is 0. The minimum atomic E-state index is 0.0356. The van der Waals surface area contributed by atoms with E-state index in [0.717, 1.165) is 57.9 Å². The van der Waals surface area contributed by atoms with E-state index in [0.29, 0.717) is 11.6 Å². The van der Waals surface area contributed by atoms with E-state index < -0.39 is 0 Å². The van der Waals surface area contributed by atoms with Crippen molar-refractivity contribution in [3.8, 4) is 0 Å². The van der Waals surface area contributed by atoms with Gasteiger partial charge in [0.1, 0.15) is 17.8 Å². The number of piperidine rings is 1. The summed E-state index contributed by atoms with van der Waals surface area (Å²) in [5, 5.41) is 0. The summed E-state index contributed by atoms with van der Waals surface area (Å²) in [6.07, 6.45) is 3.68. The number of hydrogen-bond acceptors (Lipinski definition) is 5. The highest BCUT2D eigenvalue weighted by atomic mass is 16.2. The van der Waals surface area contributed by atoms with Crippen LogP contribution < -0.4 is 9.80 Å². The van der Waals surface area contributed by atoms with Gasteiger partial charge < -0.3 is 14.7 Å². The number of para-hydroxylation sites is 1. The van der Waals surface area contributed by atoms with Crippen molar-refractivity contribution >= 4 is 17.4 Å². The molecule has 6 heteroatoms. The number of anilines is 2. The maximum atomic E-state index is 12.8. The maximum Gasteiger partial charge on any atom is 0.272 e. The van der Waals surface area contributed by atoms with Crippen LogP contribution in [0.4, 0.5) is 11.5 Å². The fourth-order valence-corrected chi connectivity index (χ4v) is 3.84. The van der Waals surface area contributed by atoms with Gasteiger partial charge in [-0.15, -0.1) is 0 Å². The van der Waals surface area contributed by atoms with Crippen molar-refractivity contribution in [2.45, 2.75) is 19.8 Å². The van der Waals surface area contributed by atoms with Crippen LogP contribution in [0, 0.1) is 5.92 Å². The standard InChI is InChI=1S/C21H27N5O/c1-17-7-9-26(10-8-17)21(27)19-15-20(23-16-22-19)25-13-11-24(12-14-25)18-5-3-2-4-6-18/h2-6,15-17H,7-14H2,1H3. The molecule has 0 N–H and O–H groups in total. The van der Waals surface area contributed by atoms with Crippen LogP contribution >= 0.6 is 0 Å². The molecule has 1 aromatic carbocycles. The van der Waals surface area contributed by atoms with Crippen LogP contribution in [0.1, 0.15) is 30.3 Å². The molecular formula is C21H27N5O. The van der Waals surface area contributed by atoms with Gasteiger partial charge in [0.25, 0.3) is 5.91 Å². The molecule has 0 atom stereocenters. The van der Waals surface area contributed by atoms with E-state index in [1.807, 2.05) is 17.0 Å². The number of aromatic nitrogens is 2. The lowest BCUT2D eigenvalue weighted by atomic mass is 9.99. The Morgan fingerprint density at radius 3 is 2.30 bits per heavy atom. The third-order valence-electron chi connectivity index (χ3n) is 5.67. The van der Waals surface area contributed by atoms with Crippen LogP contribution in [0.15, 0.2) is 42.7 Å². The van der Waals surface area contributed by atoms with Crippen LogP contribution in [-0.2, 0) is 0 Å². The Balaban J connectivity index is 1.40. The second-order valence-electron chi connectivity index (χ2n) is 7.55. The molecule has 3 heterocycles. The van der Waals surface area contributed by atoms with Crippen molar-refractivity contribution in [3.05, 3.63) is 48.4 Å². The quantitative estimate of drug-likeness (QED) is 0.837. The van der Waals surface area contributed by atoms with Gasteiger partial charge in [-0.05, 0) is 30.9 Å². The summed E-state index contributed by atoms with van der Waals surface area (Å²) in [6, 6.07) is 12.4. The molecule has 0 spiro atoms. The Kier molecular flexibility index (Phi) is 5.23. The maximum absolute atomic E-state index is 12.8. The Hall–Kier alpha value is -2.63. The van der Waals surface area contributed by atoms with Gasteiger partial charge in [-0.1, -0.05) is 25.1 Å². The number of piperazine rings is 1. The smallest absolute Gasteiger partial charge is 0.272 e. The molecule has 0 radical (unpaired) electrons. The topological polar surface area (TPSA) is 52.6 Å². The van der Waals surface area contributed by atoms with E-state index in [-0.39, 0.29) is 5.91 Å². The molecule has 0 aliphatic carbocycles. The van der Waals surface area contributed by atoms with Gasteiger partial charge >= 0.3 is 0 Å². The third-order valence-corrected chi connectivity index (χ3v) is 5.67. The van der Waals surface area contributed by atoms with E-state index in [1.54, 1.807) is 0 Å². The molecule has 27 heavy (non-hydrogen) atoms. The molecule has 6 nitrogen and oxygen atoms in total. The van der Waals surface area contributed by atoms with Crippen molar-refractivity contribution in [2.75, 3.05) is 49.1 Å². The van der Waals surface area contributed by atoms with E-state index in [9.17, 15) is 4.79 Å². The lowest BCUT2D eigenvalue weighted by Crippen LogP contribution is -2.47. The van der Waals surface area contributed by atoms with E-state index >= 15 is 0 Å². The number of hydrogen-bond donors (Lipinski definition) is 0. The molecule has 2 saturated heterocycles. The Bertz CT molecular complexity index is 765. The Morgan fingerprint density at radius 1 is 0.926 bits per heavy atom. The van der Waals surface area contributed by atoms with Gasteiger partial charge in [0.15, 0.2) is 0 Å². The molecule has 2 aliphatic heterocycles. The first-order chi connectivity index (χ1) is 13.2. The molecule has 2 aliphatic rings. The molecular weight excluding hydrogens is 338 g/mol. The lowest BCUT2D eigenvalue weighted by molar-refractivity contribution is 0.0691. The Morgan fingerprint density at radius 2 is 1.59 bits per heavy atom. The SMILES string of the molecule is CC1CCN(C(=O)c2cc(N3CCN(c4ccccc4)CC3)ncn2)CC1. The predicted molar refractivity (Wildman–Crippen MR) is 107 cm³/mol. The number of nitrogens with zero attached hydrogens (tertiary/aromatic N) is 5. The van der Waals surface area contributed by atoms with Crippen molar-refractivity contribution in [3.63, 3.8) is 0 Å². The number of rotatable bonds is 3. The third kappa shape index (κ3) is 4.04. The normalized spacial score (nSPS) is 18.6. The van der Waals surface area contributed by atoms with E-state index in [4.69, 9.17) is 0 Å². The highest BCUT2D eigenvalue weighted by Gasteiger charge is 2.24. The zero-order chi connectivity index (χ0) is 18.6. The first-order valence-electron chi connectivity index (χ1n) is 9.87. The minimum Gasteiger partial charge on any atom is -0.368 e. The lowest BCUT2D eigenvalue weighted by Gasteiger charge is -2.36. The summed E-state index contributed by atoms with van der Waals surface area (Å²) in [4.78, 5) is 28.0. The number of carbonyl (C=O) groups excluding carboxylic acids is 1. The second kappa shape index (κ2) is 7.94. The number of likely N-dealkylation sites (tertiary alicyclic amines) is 1. The predicted octanol–water partition coefficient (Wildman–Crippen LogP) is 2.68. The molecule has 1 aromatic heterocycles. The monoisotopic (exact) mass is 365 g/mol. The van der Waals surface area contributed by atoms with E-state index in [1.165, 1.54) is 12.0 Å². The minimum absolute atomic E-state index is 0.0356. The summed E-state index contributed by atoms with van der Waals surface area (Å²) in [5.41, 5.74) is 1.77. The van der Waals surface area contributed by atoms with Gasteiger partial charge in [-0.25, -0.2) is 9.97 Å². The molecule has 0 unspecified atom stereocenters. The zero-order valence-corrected chi connectivity index (χ0v) is 15.9. The van der Waals surface area contributed by atoms with Crippen LogP contribution in [0.25, 0.3) is 0 Å². The van der Waals surface area contributed by atoms with Gasteiger partial charge in [-0.3, -0.25) is 4.79 Å². The molecule has 142 valence electrons. The fraction of sp³-hybridized carbons (Fsp3) is 0.476. The molecule has 1 amide bonds. The zero-order valence-electron chi connectivity index (χ0n) is 15.9. The van der Waals surface area contributed by atoms with Crippen molar-refractivity contribution in [2.24, 2.45) is 5.92 Å². The average Bonchev–Trinajstić information content (AvgIpc) is 2.75. The summed E-state index contributed by atoms with van der Waals surface area (Å²) in [5.74, 6) is 1.59. The first-order valence-corrected chi connectivity index (χ1v) is 9.87. The molecule has 0 bridgehead atoms. The number of carbonyl (C=O) groups is 1. The van der Waals surface area contributed by atoms with Gasteiger partial charge in [-0.2, -0.15) is 0 Å². The second-order valence-corrected chi connectivity index (χ2v) is 7.55. The van der Waals surface area contributed by atoms with Crippen LogP contribution in [0.2, 0.25) is 0 Å². The molecule has 2 fully saturated rings. The molecule has 0 saturated carbocycles. The van der Waals surface area contributed by atoms with Crippen molar-refractivity contribution < 1.29 is 4.79 Å². The molecule has 2 aromatic rings. The van der Waals surface area contributed by atoms with E-state index in [2.05, 4.69) is 51.0 Å². The van der Waals surface area contributed by atoms with Crippen LogP contribution in [0.5, 0.6) is 0 Å². The summed E-state index contributed by atoms with van der Waals surface area (Å²) in [7, 11) is 0. The summed E-state index contributed by atoms with van der Waals surface area (Å²) in [6.45, 7) is 7.58. The fourth-order valence-electron chi connectivity index (χ4n) is 3.84. The van der Waals surface area contributed by atoms with Crippen molar-refractivity contribution in [1.29, 1.82) is 0 Å². The van der Waals surface area contributed by atoms with Gasteiger partial charge in [0, 0.05) is 51.0 Å². The summed E-state index contributed by atoms with van der Waals surface area (Å²) >= 11 is 0. The average molecular weight is 365 g/mol.